The molecule has 0 spiro atoms. The number of aliphatic imine (C=N–C) groups is 1. The van der Waals surface area contributed by atoms with Crippen LogP contribution in [0, 0.1) is 0 Å². The molecule has 66 valence electrons. The third kappa shape index (κ3) is 1.21. The summed E-state index contributed by atoms with van der Waals surface area (Å²) in [6.07, 6.45) is 1.92. The summed E-state index contributed by atoms with van der Waals surface area (Å²) in [6.45, 7) is 0. The van der Waals surface area contributed by atoms with Gasteiger partial charge in [-0.3, -0.25) is 5.21 Å². The van der Waals surface area contributed by atoms with Crippen LogP contribution in [0.1, 0.15) is 11.6 Å². The van der Waals surface area contributed by atoms with Crippen LogP contribution in [-0.4, -0.2) is 22.9 Å². The maximum absolute atomic E-state index is 10.7. The molecule has 1 aromatic carbocycles. The van der Waals surface area contributed by atoms with Gasteiger partial charge in [-0.25, -0.2) is 10.1 Å². The summed E-state index contributed by atoms with van der Waals surface area (Å²) in [5.41, 5.74) is 1.45. The lowest BCUT2D eigenvalue weighted by atomic mass is 10.1. The highest BCUT2D eigenvalue weighted by Gasteiger charge is 2.22. The van der Waals surface area contributed by atoms with Crippen LogP contribution in [0.2, 0.25) is 0 Å². The Kier molecular flexibility index (Phi) is 1.83. The van der Waals surface area contributed by atoms with E-state index >= 15 is 0 Å². The number of nitrogens with zero attached hydrogens (tertiary/aromatic N) is 2. The number of para-hydroxylation sites is 1. The van der Waals surface area contributed by atoms with Crippen molar-refractivity contribution in [3.05, 3.63) is 29.8 Å². The highest BCUT2D eigenvalue weighted by atomic mass is 16.5. The number of aldehydes is 1. The van der Waals surface area contributed by atoms with Crippen LogP contribution >= 0.6 is 0 Å². The first-order chi connectivity index (χ1) is 6.33. The number of carbonyl (C=O) groups excluding carboxylic acids is 1. The predicted molar refractivity (Wildman–Crippen MR) is 47.0 cm³/mol. The van der Waals surface area contributed by atoms with Gasteiger partial charge in [0, 0.05) is 5.56 Å². The molecule has 0 amide bonds. The van der Waals surface area contributed by atoms with Crippen molar-refractivity contribution in [2.45, 2.75) is 6.04 Å². The minimum absolute atomic E-state index is 0.631. The molecule has 1 N–H and O–H groups in total. The second kappa shape index (κ2) is 2.99. The summed E-state index contributed by atoms with van der Waals surface area (Å²) in [4.78, 5) is 14.6. The van der Waals surface area contributed by atoms with E-state index in [0.717, 1.165) is 16.3 Å². The zero-order valence-electron chi connectivity index (χ0n) is 6.79. The minimum Gasteiger partial charge on any atom is -0.301 e. The van der Waals surface area contributed by atoms with Crippen molar-refractivity contribution in [3.8, 4) is 0 Å². The molecular formula is C9H8N2O2. The molecule has 0 fully saturated rings. The number of rotatable bonds is 1. The number of hydrogen-bond acceptors (Lipinski definition) is 4. The second-order valence-corrected chi connectivity index (χ2v) is 2.76. The van der Waals surface area contributed by atoms with Crippen molar-refractivity contribution in [3.63, 3.8) is 0 Å². The Morgan fingerprint density at radius 2 is 2.23 bits per heavy atom. The molecule has 0 radical (unpaired) electrons. The largest absolute Gasteiger partial charge is 0.301 e. The normalized spacial score (nSPS) is 19.8. The van der Waals surface area contributed by atoms with Crippen LogP contribution in [0.4, 0.5) is 5.69 Å². The molecular weight excluding hydrogens is 168 g/mol. The third-order valence-corrected chi connectivity index (χ3v) is 1.98. The molecule has 1 aliphatic rings. The Morgan fingerprint density at radius 1 is 1.46 bits per heavy atom. The van der Waals surface area contributed by atoms with Crippen LogP contribution in [0.3, 0.4) is 0 Å². The van der Waals surface area contributed by atoms with Gasteiger partial charge in [0.15, 0.2) is 0 Å². The Balaban J connectivity index is 2.53. The monoisotopic (exact) mass is 176 g/mol. The molecule has 0 bridgehead atoms. The average molecular weight is 176 g/mol. The van der Waals surface area contributed by atoms with Crippen LogP contribution in [0.15, 0.2) is 29.3 Å². The van der Waals surface area contributed by atoms with E-state index in [1.165, 1.54) is 6.34 Å². The van der Waals surface area contributed by atoms with E-state index < -0.39 is 6.04 Å². The van der Waals surface area contributed by atoms with Gasteiger partial charge in [0.05, 0.1) is 5.69 Å². The molecule has 2 rings (SSSR count). The van der Waals surface area contributed by atoms with Gasteiger partial charge in [0.2, 0.25) is 0 Å². The zero-order valence-corrected chi connectivity index (χ0v) is 6.79. The highest BCUT2D eigenvalue weighted by Crippen LogP contribution is 2.29. The Morgan fingerprint density at radius 3 is 3.00 bits per heavy atom. The molecule has 0 saturated heterocycles. The molecule has 1 aromatic rings. The first-order valence-corrected chi connectivity index (χ1v) is 3.88. The summed E-state index contributed by atoms with van der Waals surface area (Å²) in [5.74, 6) is 0. The van der Waals surface area contributed by atoms with Crippen LogP contribution < -0.4 is 0 Å². The Hall–Kier alpha value is -1.68. The van der Waals surface area contributed by atoms with Gasteiger partial charge in [-0.2, -0.15) is 0 Å². The van der Waals surface area contributed by atoms with E-state index in [4.69, 9.17) is 0 Å². The number of carbonyl (C=O) groups is 1. The lowest BCUT2D eigenvalue weighted by Gasteiger charge is -2.23. The van der Waals surface area contributed by atoms with Gasteiger partial charge in [0.1, 0.15) is 18.7 Å². The van der Waals surface area contributed by atoms with Gasteiger partial charge < -0.3 is 4.79 Å². The summed E-state index contributed by atoms with van der Waals surface area (Å²) in [7, 11) is 0. The molecule has 4 heteroatoms. The van der Waals surface area contributed by atoms with Crippen LogP contribution in [0.5, 0.6) is 0 Å². The fraction of sp³-hybridized carbons (Fsp3) is 0.111. The molecule has 0 aromatic heterocycles. The van der Waals surface area contributed by atoms with Gasteiger partial charge in [0.25, 0.3) is 0 Å². The number of benzene rings is 1. The Labute approximate surface area is 75.1 Å². The maximum atomic E-state index is 10.7. The standard InChI is InChI=1S/C9H8N2O2/c12-5-9-7-3-1-2-4-8(7)10-6-11(9)13/h1-6,9,13H. The molecule has 4 nitrogen and oxygen atoms in total. The lowest BCUT2D eigenvalue weighted by molar-refractivity contribution is -0.122. The van der Waals surface area contributed by atoms with Gasteiger partial charge in [-0.05, 0) is 6.07 Å². The number of hydrogen-bond donors (Lipinski definition) is 1. The van der Waals surface area contributed by atoms with Crippen LogP contribution in [0.25, 0.3) is 0 Å². The average Bonchev–Trinajstić information content (AvgIpc) is 2.18. The lowest BCUT2D eigenvalue weighted by Crippen LogP contribution is -2.27. The molecule has 0 aliphatic carbocycles. The first-order valence-electron chi connectivity index (χ1n) is 3.88. The SMILES string of the molecule is O=CC1c2ccccc2N=CN1O. The first kappa shape index (κ1) is 7.94. The fourth-order valence-electron chi connectivity index (χ4n) is 1.33. The van der Waals surface area contributed by atoms with E-state index in [0.29, 0.717) is 6.29 Å². The minimum atomic E-state index is -0.631. The van der Waals surface area contributed by atoms with E-state index in [2.05, 4.69) is 4.99 Å². The van der Waals surface area contributed by atoms with Crippen molar-refractivity contribution in [1.29, 1.82) is 0 Å². The summed E-state index contributed by atoms with van der Waals surface area (Å²) in [6, 6.07) is 6.59. The smallest absolute Gasteiger partial charge is 0.149 e. The number of hydroxylamine groups is 2. The van der Waals surface area contributed by atoms with E-state index in [1.54, 1.807) is 12.1 Å². The zero-order chi connectivity index (χ0) is 9.26. The van der Waals surface area contributed by atoms with Crippen molar-refractivity contribution in [2.75, 3.05) is 0 Å². The van der Waals surface area contributed by atoms with E-state index in [1.807, 2.05) is 12.1 Å². The second-order valence-electron chi connectivity index (χ2n) is 2.76. The summed E-state index contributed by atoms with van der Waals surface area (Å²) in [5, 5.41) is 10.1. The van der Waals surface area contributed by atoms with Gasteiger partial charge in [-0.15, -0.1) is 0 Å². The fourth-order valence-corrected chi connectivity index (χ4v) is 1.33. The van der Waals surface area contributed by atoms with Crippen molar-refractivity contribution >= 4 is 18.3 Å². The molecule has 1 atom stereocenters. The molecule has 1 heterocycles. The molecule has 13 heavy (non-hydrogen) atoms. The molecule has 1 aliphatic heterocycles. The third-order valence-electron chi connectivity index (χ3n) is 1.98. The molecule has 0 saturated carbocycles. The quantitative estimate of drug-likeness (QED) is 0.656. The predicted octanol–water partition coefficient (Wildman–Crippen LogP) is 1.29. The van der Waals surface area contributed by atoms with E-state index in [9.17, 15) is 10.0 Å². The van der Waals surface area contributed by atoms with Gasteiger partial charge in [-0.1, -0.05) is 18.2 Å². The van der Waals surface area contributed by atoms with Crippen molar-refractivity contribution in [1.82, 2.24) is 5.06 Å². The topological polar surface area (TPSA) is 52.9 Å². The van der Waals surface area contributed by atoms with Crippen molar-refractivity contribution < 1.29 is 10.0 Å². The maximum Gasteiger partial charge on any atom is 0.149 e. The van der Waals surface area contributed by atoms with Crippen LogP contribution in [-0.2, 0) is 4.79 Å². The number of fused-ring (bicyclic) bond motifs is 1. The van der Waals surface area contributed by atoms with E-state index in [-0.39, 0.29) is 0 Å². The van der Waals surface area contributed by atoms with Gasteiger partial charge >= 0.3 is 0 Å². The summed E-state index contributed by atoms with van der Waals surface area (Å²) < 4.78 is 0. The highest BCUT2D eigenvalue weighted by molar-refractivity contribution is 5.76. The molecule has 1 unspecified atom stereocenters. The van der Waals surface area contributed by atoms with Crippen molar-refractivity contribution in [2.24, 2.45) is 4.99 Å². The summed E-state index contributed by atoms with van der Waals surface area (Å²) >= 11 is 0. The Bertz CT molecular complexity index is 362.